The molecule has 0 bridgehead atoms. The lowest BCUT2D eigenvalue weighted by molar-refractivity contribution is -0.143. The van der Waals surface area contributed by atoms with Crippen molar-refractivity contribution in [1.29, 1.82) is 0 Å². The molecular formula is C13H16O3. The molecule has 0 unspecified atom stereocenters. The summed E-state index contributed by atoms with van der Waals surface area (Å²) in [7, 11) is 3.07. The van der Waals surface area contributed by atoms with Gasteiger partial charge < -0.3 is 9.47 Å². The first-order valence-corrected chi connectivity index (χ1v) is 5.38. The molecule has 0 N–H and O–H groups in total. The number of benzene rings is 1. The van der Waals surface area contributed by atoms with E-state index in [0.717, 1.165) is 29.7 Å². The monoisotopic (exact) mass is 220 g/mol. The van der Waals surface area contributed by atoms with E-state index in [9.17, 15) is 4.79 Å². The van der Waals surface area contributed by atoms with Crippen molar-refractivity contribution in [3.63, 3.8) is 0 Å². The van der Waals surface area contributed by atoms with Crippen molar-refractivity contribution in [1.82, 2.24) is 0 Å². The maximum absolute atomic E-state index is 11.8. The predicted octanol–water partition coefficient (Wildman–Crippen LogP) is 2.21. The zero-order chi connectivity index (χ0) is 11.8. The van der Waals surface area contributed by atoms with E-state index in [4.69, 9.17) is 9.47 Å². The van der Waals surface area contributed by atoms with Crippen LogP contribution in [0.5, 0.6) is 5.75 Å². The second kappa shape index (κ2) is 3.81. The highest BCUT2D eigenvalue weighted by Gasteiger charge is 2.54. The molecule has 3 nitrogen and oxygen atoms in total. The number of carbonyl (C=O) groups is 1. The third kappa shape index (κ3) is 1.47. The molecule has 0 atom stereocenters. The molecule has 0 amide bonds. The topological polar surface area (TPSA) is 35.5 Å². The van der Waals surface area contributed by atoms with Gasteiger partial charge in [-0.2, -0.15) is 0 Å². The Morgan fingerprint density at radius 2 is 2.00 bits per heavy atom. The van der Waals surface area contributed by atoms with Gasteiger partial charge in [-0.3, -0.25) is 4.79 Å². The van der Waals surface area contributed by atoms with Gasteiger partial charge in [0.15, 0.2) is 0 Å². The minimum atomic E-state index is -0.453. The van der Waals surface area contributed by atoms with Crippen LogP contribution >= 0.6 is 0 Å². The molecule has 0 saturated heterocycles. The highest BCUT2D eigenvalue weighted by Crippen LogP contribution is 2.53. The van der Waals surface area contributed by atoms with Crippen LogP contribution in [0.4, 0.5) is 0 Å². The first-order chi connectivity index (χ1) is 7.65. The molecule has 1 aromatic rings. The summed E-state index contributed by atoms with van der Waals surface area (Å²) in [6.45, 7) is 2.00. The summed E-state index contributed by atoms with van der Waals surface area (Å²) in [6, 6.07) is 5.83. The van der Waals surface area contributed by atoms with Crippen molar-refractivity contribution in [2.75, 3.05) is 14.2 Å². The summed E-state index contributed by atoms with van der Waals surface area (Å²) >= 11 is 0. The van der Waals surface area contributed by atoms with E-state index < -0.39 is 5.41 Å². The van der Waals surface area contributed by atoms with Gasteiger partial charge in [0.05, 0.1) is 19.6 Å². The molecule has 0 aromatic heterocycles. The molecule has 0 spiro atoms. The van der Waals surface area contributed by atoms with E-state index in [1.54, 1.807) is 7.11 Å². The zero-order valence-electron chi connectivity index (χ0n) is 9.87. The van der Waals surface area contributed by atoms with Crippen LogP contribution in [0.15, 0.2) is 18.2 Å². The molecular weight excluding hydrogens is 204 g/mol. The Morgan fingerprint density at radius 1 is 1.31 bits per heavy atom. The minimum absolute atomic E-state index is 0.153. The fourth-order valence-corrected chi connectivity index (χ4v) is 2.30. The van der Waals surface area contributed by atoms with Crippen LogP contribution in [-0.2, 0) is 14.9 Å². The van der Waals surface area contributed by atoms with Crippen molar-refractivity contribution in [2.24, 2.45) is 0 Å². The zero-order valence-corrected chi connectivity index (χ0v) is 9.87. The van der Waals surface area contributed by atoms with Gasteiger partial charge in [-0.05, 0) is 31.4 Å². The maximum Gasteiger partial charge on any atom is 0.316 e. The number of rotatable bonds is 3. The summed E-state index contributed by atoms with van der Waals surface area (Å²) in [6.07, 6.45) is 1.70. The van der Waals surface area contributed by atoms with Crippen LogP contribution in [0.1, 0.15) is 24.0 Å². The third-order valence-electron chi connectivity index (χ3n) is 3.26. The van der Waals surface area contributed by atoms with E-state index in [0.29, 0.717) is 0 Å². The van der Waals surface area contributed by atoms with Gasteiger partial charge in [-0.25, -0.2) is 0 Å². The van der Waals surface area contributed by atoms with Crippen LogP contribution in [-0.4, -0.2) is 20.2 Å². The Morgan fingerprint density at radius 3 is 2.50 bits per heavy atom. The Labute approximate surface area is 95.4 Å². The summed E-state index contributed by atoms with van der Waals surface area (Å²) in [4.78, 5) is 11.8. The van der Waals surface area contributed by atoms with Crippen LogP contribution in [0.2, 0.25) is 0 Å². The number of aryl methyl sites for hydroxylation is 1. The van der Waals surface area contributed by atoms with Crippen LogP contribution in [0, 0.1) is 6.92 Å². The number of hydrogen-bond acceptors (Lipinski definition) is 3. The number of carbonyl (C=O) groups excluding carboxylic acids is 1. The maximum atomic E-state index is 11.8. The quantitative estimate of drug-likeness (QED) is 0.733. The first-order valence-electron chi connectivity index (χ1n) is 5.38. The highest BCUT2D eigenvalue weighted by molar-refractivity contribution is 5.88. The normalized spacial score (nSPS) is 16.7. The Kier molecular flexibility index (Phi) is 2.62. The predicted molar refractivity (Wildman–Crippen MR) is 60.7 cm³/mol. The van der Waals surface area contributed by atoms with Crippen molar-refractivity contribution < 1.29 is 14.3 Å². The lowest BCUT2D eigenvalue weighted by atomic mass is 9.91. The third-order valence-corrected chi connectivity index (χ3v) is 3.26. The number of esters is 1. The van der Waals surface area contributed by atoms with Gasteiger partial charge in [-0.1, -0.05) is 12.1 Å². The SMILES string of the molecule is COC(=O)C1(c2c(C)cccc2OC)CC1. The van der Waals surface area contributed by atoms with E-state index in [-0.39, 0.29) is 5.97 Å². The standard InChI is InChI=1S/C13H16O3/c1-9-5-4-6-10(15-2)11(9)13(7-8-13)12(14)16-3/h4-6H,7-8H2,1-3H3. The second-order valence-electron chi connectivity index (χ2n) is 4.23. The summed E-state index contributed by atoms with van der Waals surface area (Å²) in [5.74, 6) is 0.628. The van der Waals surface area contributed by atoms with Gasteiger partial charge in [-0.15, -0.1) is 0 Å². The average molecular weight is 220 g/mol. The molecule has 2 rings (SSSR count). The van der Waals surface area contributed by atoms with Crippen molar-refractivity contribution in [3.8, 4) is 5.75 Å². The summed E-state index contributed by atoms with van der Waals surface area (Å²) < 4.78 is 10.2. The molecule has 0 radical (unpaired) electrons. The summed E-state index contributed by atoms with van der Waals surface area (Å²) in [5.41, 5.74) is 1.62. The van der Waals surface area contributed by atoms with Crippen molar-refractivity contribution in [2.45, 2.75) is 25.2 Å². The van der Waals surface area contributed by atoms with Crippen LogP contribution in [0.3, 0.4) is 0 Å². The first kappa shape index (κ1) is 11.0. The number of methoxy groups -OCH3 is 2. The molecule has 1 fully saturated rings. The lowest BCUT2D eigenvalue weighted by Gasteiger charge is -2.18. The number of ether oxygens (including phenoxy) is 2. The van der Waals surface area contributed by atoms with Gasteiger partial charge in [0, 0.05) is 5.56 Å². The van der Waals surface area contributed by atoms with Crippen LogP contribution in [0.25, 0.3) is 0 Å². The number of hydrogen-bond donors (Lipinski definition) is 0. The average Bonchev–Trinajstić information content (AvgIpc) is 3.08. The van der Waals surface area contributed by atoms with Crippen molar-refractivity contribution >= 4 is 5.97 Å². The van der Waals surface area contributed by atoms with E-state index in [1.165, 1.54) is 7.11 Å². The highest BCUT2D eigenvalue weighted by atomic mass is 16.5. The Balaban J connectivity index is 2.51. The van der Waals surface area contributed by atoms with Gasteiger partial charge in [0.25, 0.3) is 0 Å². The fourth-order valence-electron chi connectivity index (χ4n) is 2.30. The molecule has 3 heteroatoms. The summed E-state index contributed by atoms with van der Waals surface area (Å²) in [5, 5.41) is 0. The molecule has 1 aromatic carbocycles. The molecule has 0 heterocycles. The Bertz CT molecular complexity index is 419. The second-order valence-corrected chi connectivity index (χ2v) is 4.23. The largest absolute Gasteiger partial charge is 0.496 e. The fraction of sp³-hybridized carbons (Fsp3) is 0.462. The molecule has 16 heavy (non-hydrogen) atoms. The smallest absolute Gasteiger partial charge is 0.316 e. The lowest BCUT2D eigenvalue weighted by Crippen LogP contribution is -2.23. The molecule has 86 valence electrons. The molecule has 1 aliphatic rings. The minimum Gasteiger partial charge on any atom is -0.496 e. The molecule has 1 saturated carbocycles. The van der Waals surface area contributed by atoms with Gasteiger partial charge in [0.2, 0.25) is 0 Å². The van der Waals surface area contributed by atoms with Gasteiger partial charge in [0.1, 0.15) is 5.75 Å². The Hall–Kier alpha value is -1.51. The van der Waals surface area contributed by atoms with E-state index >= 15 is 0 Å². The van der Waals surface area contributed by atoms with Crippen molar-refractivity contribution in [3.05, 3.63) is 29.3 Å². The van der Waals surface area contributed by atoms with Crippen LogP contribution < -0.4 is 4.74 Å². The molecule has 1 aliphatic carbocycles. The van der Waals surface area contributed by atoms with E-state index in [1.807, 2.05) is 25.1 Å². The molecule has 0 aliphatic heterocycles. The van der Waals surface area contributed by atoms with E-state index in [2.05, 4.69) is 0 Å². The van der Waals surface area contributed by atoms with Gasteiger partial charge >= 0.3 is 5.97 Å².